The zero-order chi connectivity index (χ0) is 16.9. The van der Waals surface area contributed by atoms with Gasteiger partial charge in [-0.2, -0.15) is 0 Å². The van der Waals surface area contributed by atoms with Gasteiger partial charge in [-0.1, -0.05) is 40.3 Å². The lowest BCUT2D eigenvalue weighted by molar-refractivity contribution is -0.143. The third-order valence-electron chi connectivity index (χ3n) is 3.43. The van der Waals surface area contributed by atoms with Crippen LogP contribution in [0.5, 0.6) is 0 Å². The molecule has 4 heteroatoms. The number of hydrogen-bond acceptors (Lipinski definition) is 3. The molecule has 2 atom stereocenters. The van der Waals surface area contributed by atoms with E-state index in [1.54, 1.807) is 7.11 Å². The lowest BCUT2D eigenvalue weighted by Gasteiger charge is -2.22. The summed E-state index contributed by atoms with van der Waals surface area (Å²) >= 11 is 0. The highest BCUT2D eigenvalue weighted by atomic mass is 16.5. The molecule has 0 heterocycles. The van der Waals surface area contributed by atoms with Crippen molar-refractivity contribution in [3.63, 3.8) is 0 Å². The number of carbonyl (C=O) groups excluding carboxylic acids is 1. The van der Waals surface area contributed by atoms with E-state index in [1.165, 1.54) is 6.92 Å². The minimum atomic E-state index is -0.230. The minimum absolute atomic E-state index is 0. The van der Waals surface area contributed by atoms with Crippen LogP contribution < -0.4 is 0 Å². The molecule has 128 valence electrons. The first kappa shape index (κ1) is 25.2. The molecule has 0 amide bonds. The van der Waals surface area contributed by atoms with Crippen molar-refractivity contribution in [1.82, 2.24) is 0 Å². The van der Waals surface area contributed by atoms with Crippen molar-refractivity contribution in [1.29, 1.82) is 0 Å². The summed E-state index contributed by atoms with van der Waals surface area (Å²) in [5.41, 5.74) is 0.885. The first-order valence-corrected chi connectivity index (χ1v) is 7.26. The molecule has 0 bridgehead atoms. The minimum Gasteiger partial charge on any atom is -0.465 e. The number of hydrogen-bond donors (Lipinski definition) is 0. The van der Waals surface area contributed by atoms with Gasteiger partial charge in [0, 0.05) is 17.9 Å². The Hall–Kier alpha value is -1.73. The number of allylic oxidation sites excluding steroid dienone is 1. The Morgan fingerprint density at radius 1 is 1.41 bits per heavy atom. The maximum absolute atomic E-state index is 10.5. The van der Waals surface area contributed by atoms with Gasteiger partial charge in [0.25, 0.3) is 0 Å². The fourth-order valence-electron chi connectivity index (χ4n) is 1.06. The highest BCUT2D eigenvalue weighted by Gasteiger charge is 2.18. The van der Waals surface area contributed by atoms with Crippen LogP contribution in [0.3, 0.4) is 0 Å². The highest BCUT2D eigenvalue weighted by molar-refractivity contribution is 5.65. The number of carbonyl (C=O) groups is 1. The Kier molecular flexibility index (Phi) is 16.3. The molecule has 0 saturated carbocycles. The van der Waals surface area contributed by atoms with Crippen LogP contribution in [-0.2, 0) is 14.3 Å². The van der Waals surface area contributed by atoms with E-state index in [4.69, 9.17) is 4.74 Å². The van der Waals surface area contributed by atoms with Crippen LogP contribution in [0.4, 0.5) is 0 Å². The molecular formula is C18H32O4. The zero-order valence-electron chi connectivity index (χ0n) is 14.9. The summed E-state index contributed by atoms with van der Waals surface area (Å²) in [7, 11) is 1.55. The lowest BCUT2D eigenvalue weighted by Crippen LogP contribution is -2.20. The number of rotatable bonds is 6. The third-order valence-corrected chi connectivity index (χ3v) is 3.43. The van der Waals surface area contributed by atoms with E-state index in [9.17, 15) is 4.79 Å². The molecule has 22 heavy (non-hydrogen) atoms. The maximum atomic E-state index is 10.5. The molecule has 0 aliphatic rings. The molecule has 0 saturated heterocycles. The lowest BCUT2D eigenvalue weighted by atomic mass is 9.89. The van der Waals surface area contributed by atoms with Crippen LogP contribution in [0.15, 0.2) is 24.8 Å². The summed E-state index contributed by atoms with van der Waals surface area (Å²) < 4.78 is 9.46. The quantitative estimate of drug-likeness (QED) is 0.428. The van der Waals surface area contributed by atoms with E-state index < -0.39 is 0 Å². The van der Waals surface area contributed by atoms with Gasteiger partial charge < -0.3 is 14.9 Å². The molecule has 0 aromatic heterocycles. The number of esters is 1. The molecule has 0 aliphatic heterocycles. The Balaban J connectivity index is -0.000000315. The molecule has 2 N–H and O–H groups in total. The van der Waals surface area contributed by atoms with E-state index in [1.807, 2.05) is 19.9 Å². The standard InChI is InChI=1S/C9H16O2.C9H14O.H2O/c1-5-9(4,6-2)7-11-8(3)10;1-5-8(2)9(3)6-7-10-4;/h5H,1,6-7H2,2-4H3;8H,3,5H2,1-2,4H3;1H2. The van der Waals surface area contributed by atoms with Gasteiger partial charge >= 0.3 is 5.97 Å². The van der Waals surface area contributed by atoms with E-state index >= 15 is 0 Å². The molecule has 4 nitrogen and oxygen atoms in total. The van der Waals surface area contributed by atoms with Crippen LogP contribution in [-0.4, -0.2) is 25.2 Å². The smallest absolute Gasteiger partial charge is 0.302 e. The van der Waals surface area contributed by atoms with Crippen molar-refractivity contribution in [2.45, 2.75) is 47.5 Å². The van der Waals surface area contributed by atoms with Gasteiger partial charge in [0.15, 0.2) is 0 Å². The molecular weight excluding hydrogens is 280 g/mol. The molecule has 0 fully saturated rings. The summed E-state index contributed by atoms with van der Waals surface area (Å²) in [5, 5.41) is 0. The van der Waals surface area contributed by atoms with Gasteiger partial charge in [-0.3, -0.25) is 4.79 Å². The molecule has 0 aliphatic carbocycles. The predicted octanol–water partition coefficient (Wildman–Crippen LogP) is 3.52. The molecule has 0 aromatic carbocycles. The Morgan fingerprint density at radius 3 is 2.27 bits per heavy atom. The first-order chi connectivity index (χ1) is 9.76. The Morgan fingerprint density at radius 2 is 1.95 bits per heavy atom. The zero-order valence-corrected chi connectivity index (χ0v) is 14.9. The van der Waals surface area contributed by atoms with E-state index in [-0.39, 0.29) is 16.9 Å². The second-order valence-corrected chi connectivity index (χ2v) is 5.26. The summed E-state index contributed by atoms with van der Waals surface area (Å²) in [6.45, 7) is 17.6. The summed E-state index contributed by atoms with van der Waals surface area (Å²) in [6, 6.07) is 0. The molecule has 2 unspecified atom stereocenters. The second kappa shape index (κ2) is 14.2. The average Bonchev–Trinajstić information content (AvgIpc) is 2.49. The molecule has 0 radical (unpaired) electrons. The van der Waals surface area contributed by atoms with Gasteiger partial charge in [-0.25, -0.2) is 0 Å². The Bertz CT molecular complexity index is 390. The van der Waals surface area contributed by atoms with Crippen molar-refractivity contribution >= 4 is 5.97 Å². The predicted molar refractivity (Wildman–Crippen MR) is 92.2 cm³/mol. The second-order valence-electron chi connectivity index (χ2n) is 5.26. The van der Waals surface area contributed by atoms with Crippen molar-refractivity contribution < 1.29 is 19.7 Å². The molecule has 0 spiro atoms. The van der Waals surface area contributed by atoms with Gasteiger partial charge in [0.05, 0.1) is 7.11 Å². The van der Waals surface area contributed by atoms with E-state index in [0.29, 0.717) is 12.5 Å². The Labute approximate surface area is 135 Å². The van der Waals surface area contributed by atoms with Crippen LogP contribution >= 0.6 is 0 Å². The summed E-state index contributed by atoms with van der Waals surface area (Å²) in [4.78, 5) is 10.5. The van der Waals surface area contributed by atoms with Crippen LogP contribution in [0, 0.1) is 23.4 Å². The van der Waals surface area contributed by atoms with E-state index in [2.05, 4.69) is 43.8 Å². The van der Waals surface area contributed by atoms with Gasteiger partial charge in [0.2, 0.25) is 0 Å². The van der Waals surface area contributed by atoms with Crippen LogP contribution in [0.1, 0.15) is 47.5 Å². The molecule has 0 rings (SSSR count). The van der Waals surface area contributed by atoms with Crippen molar-refractivity contribution in [2.75, 3.05) is 13.7 Å². The van der Waals surface area contributed by atoms with Crippen molar-refractivity contribution in [3.05, 3.63) is 24.8 Å². The largest absolute Gasteiger partial charge is 0.465 e. The highest BCUT2D eigenvalue weighted by Crippen LogP contribution is 2.22. The third kappa shape index (κ3) is 13.3. The maximum Gasteiger partial charge on any atom is 0.302 e. The monoisotopic (exact) mass is 312 g/mol. The van der Waals surface area contributed by atoms with Gasteiger partial charge in [-0.05, 0) is 24.7 Å². The fourth-order valence-corrected chi connectivity index (χ4v) is 1.06. The van der Waals surface area contributed by atoms with Gasteiger partial charge in [0.1, 0.15) is 12.7 Å². The summed E-state index contributed by atoms with van der Waals surface area (Å²) in [6.07, 6.45) is 6.36. The van der Waals surface area contributed by atoms with Gasteiger partial charge in [-0.15, -0.1) is 6.58 Å². The van der Waals surface area contributed by atoms with Crippen LogP contribution in [0.2, 0.25) is 0 Å². The number of ether oxygens (including phenoxy) is 2. The number of methoxy groups -OCH3 is 1. The summed E-state index contributed by atoms with van der Waals surface area (Å²) in [5.74, 6) is 3.06. The van der Waals surface area contributed by atoms with Crippen molar-refractivity contribution in [2.24, 2.45) is 11.3 Å². The van der Waals surface area contributed by atoms with Crippen molar-refractivity contribution in [3.8, 4) is 12.0 Å². The SMILES string of the molecule is C=C(C#COC)C(C)CC.C=CC(C)(CC)COC(C)=O.O. The first-order valence-electron chi connectivity index (χ1n) is 7.26. The van der Waals surface area contributed by atoms with Crippen LogP contribution in [0.25, 0.3) is 0 Å². The topological polar surface area (TPSA) is 67.0 Å². The molecule has 0 aromatic rings. The van der Waals surface area contributed by atoms with E-state index in [0.717, 1.165) is 18.4 Å². The normalized spacial score (nSPS) is 12.6. The average molecular weight is 312 g/mol. The fraction of sp³-hybridized carbons (Fsp3) is 0.611.